The number of hydrogen-bond donors (Lipinski definition) is 0. The van der Waals surface area contributed by atoms with Gasteiger partial charge < -0.3 is 4.74 Å². The third-order valence-corrected chi connectivity index (χ3v) is 19.4. The first-order valence-corrected chi connectivity index (χ1v) is 27.1. The minimum Gasteiger partial charge on any atom is -0.461 e. The Morgan fingerprint density at radius 3 is 1.98 bits per heavy atom. The van der Waals surface area contributed by atoms with Crippen LogP contribution in [0.25, 0.3) is 60.9 Å². The van der Waals surface area contributed by atoms with Crippen molar-refractivity contribution in [2.75, 3.05) is 6.61 Å². The van der Waals surface area contributed by atoms with Crippen LogP contribution in [0, 0.1) is 31.5 Å². The first-order chi connectivity index (χ1) is 28.6. The summed E-state index contributed by atoms with van der Waals surface area (Å²) in [6.07, 6.45) is 15.2. The van der Waals surface area contributed by atoms with Crippen molar-refractivity contribution in [1.29, 1.82) is 0 Å². The molecule has 0 fully saturated rings. The highest BCUT2D eigenvalue weighted by Gasteiger charge is 2.29. The molecule has 0 amide bonds. The number of carbonyl (C=O) groups excluding carboxylic acids is 1. The number of aryl methyl sites for hydroxylation is 2. The smallest absolute Gasteiger partial charge is 0.351 e. The monoisotopic (exact) mass is 920 g/mol. The number of carbonyl (C=O) groups is 1. The van der Waals surface area contributed by atoms with Crippen LogP contribution in [0.1, 0.15) is 161 Å². The minimum atomic E-state index is -0.531. The Morgan fingerprint density at radius 2 is 1.30 bits per heavy atom. The van der Waals surface area contributed by atoms with E-state index in [2.05, 4.69) is 84.9 Å². The van der Waals surface area contributed by atoms with Gasteiger partial charge in [0.25, 0.3) is 0 Å². The number of rotatable bonds is 21. The second kappa shape index (κ2) is 21.3. The maximum atomic E-state index is 16.3. The van der Waals surface area contributed by atoms with E-state index < -0.39 is 11.8 Å². The Morgan fingerprint density at radius 1 is 0.667 bits per heavy atom. The Bertz CT molecular complexity index is 2500. The van der Waals surface area contributed by atoms with Crippen molar-refractivity contribution < 1.29 is 13.9 Å². The van der Waals surface area contributed by atoms with Gasteiger partial charge in [-0.25, -0.2) is 9.18 Å². The molecule has 0 spiro atoms. The summed E-state index contributed by atoms with van der Waals surface area (Å²) in [5.41, 5.74) is 2.67. The number of hydrogen-bond acceptors (Lipinski definition) is 8. The first kappa shape index (κ1) is 47.1. The van der Waals surface area contributed by atoms with Gasteiger partial charge in [-0.15, -0.1) is 68.0 Å². The molecule has 0 bridgehead atoms. The molecule has 6 aromatic heterocycles. The van der Waals surface area contributed by atoms with Gasteiger partial charge in [-0.3, -0.25) is 0 Å². The van der Waals surface area contributed by atoms with Crippen LogP contribution < -0.4 is 0 Å². The van der Waals surface area contributed by atoms with Crippen LogP contribution in [-0.2, 0) is 11.2 Å². The topological polar surface area (TPSA) is 26.3 Å². The van der Waals surface area contributed by atoms with Gasteiger partial charge in [0.15, 0.2) is 5.82 Å². The fourth-order valence-electron chi connectivity index (χ4n) is 8.63. The zero-order chi connectivity index (χ0) is 41.8. The van der Waals surface area contributed by atoms with Gasteiger partial charge in [0.1, 0.15) is 4.88 Å². The zero-order valence-electron chi connectivity index (χ0n) is 36.2. The Hall–Kier alpha value is -2.40. The van der Waals surface area contributed by atoms with Crippen LogP contribution in [-0.4, -0.2) is 12.6 Å². The number of benzene rings is 1. The molecule has 0 aliphatic rings. The average molecular weight is 921 g/mol. The SMILES string of the molecule is C.CCCCC(CC)COC(=O)c1sc2c(-c3cc4c(-c5ccc(C(CC)CCCC)s5)c5sc(C)cc5c(-c5ccc(CC(CC)CCCC)s5)c4s3)sc(C)c2c1F. The molecular weight excluding hydrogens is 856 g/mol. The van der Waals surface area contributed by atoms with Crippen molar-refractivity contribution in [3.05, 3.63) is 66.6 Å². The summed E-state index contributed by atoms with van der Waals surface area (Å²) in [6.45, 7) is 18.2. The fourth-order valence-corrected chi connectivity index (χ4v) is 16.2. The predicted molar refractivity (Wildman–Crippen MR) is 272 cm³/mol. The molecule has 7 aromatic rings. The lowest BCUT2D eigenvalue weighted by molar-refractivity contribution is 0.0429. The lowest BCUT2D eigenvalue weighted by atomic mass is 9.95. The highest BCUT2D eigenvalue weighted by atomic mass is 32.1. The van der Waals surface area contributed by atoms with Gasteiger partial charge in [0.05, 0.1) is 16.2 Å². The second-order valence-corrected chi connectivity index (χ2v) is 23.3. The van der Waals surface area contributed by atoms with E-state index in [0.717, 1.165) is 57.9 Å². The minimum absolute atomic E-state index is 0. The van der Waals surface area contributed by atoms with Gasteiger partial charge in [-0.05, 0) is 93.7 Å². The Kier molecular flexibility index (Phi) is 16.7. The maximum absolute atomic E-state index is 16.3. The fraction of sp³-hybridized carbons (Fsp3) is 0.510. The molecular formula is C51H65FO2S6. The van der Waals surface area contributed by atoms with Crippen molar-refractivity contribution in [1.82, 2.24) is 0 Å². The van der Waals surface area contributed by atoms with Crippen LogP contribution in [0.3, 0.4) is 0 Å². The van der Waals surface area contributed by atoms with Gasteiger partial charge in [0.2, 0.25) is 0 Å². The third kappa shape index (κ3) is 9.72. The highest BCUT2D eigenvalue weighted by molar-refractivity contribution is 7.32. The van der Waals surface area contributed by atoms with E-state index in [0.29, 0.717) is 29.7 Å². The molecule has 1 aromatic carbocycles. The molecule has 324 valence electrons. The molecule has 3 unspecified atom stereocenters. The molecule has 7 rings (SSSR count). The van der Waals surface area contributed by atoms with Crippen molar-refractivity contribution in [3.63, 3.8) is 0 Å². The van der Waals surface area contributed by atoms with E-state index in [1.807, 2.05) is 52.3 Å². The lowest BCUT2D eigenvalue weighted by Crippen LogP contribution is -2.14. The molecule has 0 aliphatic carbocycles. The zero-order valence-corrected chi connectivity index (χ0v) is 41.1. The second-order valence-electron chi connectivity index (χ2n) is 16.5. The molecule has 6 heterocycles. The Labute approximate surface area is 383 Å². The number of fused-ring (bicyclic) bond motifs is 3. The quantitative estimate of drug-likeness (QED) is 0.0672. The van der Waals surface area contributed by atoms with Gasteiger partial charge in [0, 0.05) is 70.8 Å². The largest absolute Gasteiger partial charge is 0.461 e. The van der Waals surface area contributed by atoms with Crippen LogP contribution in [0.2, 0.25) is 0 Å². The molecule has 0 aliphatic heterocycles. The number of ether oxygens (including phenoxy) is 1. The molecule has 3 atom stereocenters. The number of unbranched alkanes of at least 4 members (excludes halogenated alkanes) is 3. The molecule has 0 radical (unpaired) electrons. The molecule has 60 heavy (non-hydrogen) atoms. The number of halogens is 1. The van der Waals surface area contributed by atoms with E-state index in [1.54, 1.807) is 11.3 Å². The molecule has 0 saturated carbocycles. The Balaban J connectivity index is 0.00000604. The third-order valence-electron chi connectivity index (χ3n) is 12.3. The van der Waals surface area contributed by atoms with Crippen molar-refractivity contribution >= 4 is 104 Å². The van der Waals surface area contributed by atoms with Gasteiger partial charge in [-0.1, -0.05) is 107 Å². The summed E-state index contributed by atoms with van der Waals surface area (Å²) < 4.78 is 25.6. The molecule has 9 heteroatoms. The summed E-state index contributed by atoms with van der Waals surface area (Å²) >= 11 is 10.6. The van der Waals surface area contributed by atoms with Crippen molar-refractivity contribution in [2.24, 2.45) is 11.8 Å². The van der Waals surface area contributed by atoms with Gasteiger partial charge in [-0.2, -0.15) is 0 Å². The van der Waals surface area contributed by atoms with E-state index in [4.69, 9.17) is 4.74 Å². The summed E-state index contributed by atoms with van der Waals surface area (Å²) in [7, 11) is 0. The highest BCUT2D eigenvalue weighted by Crippen LogP contribution is 2.55. The summed E-state index contributed by atoms with van der Waals surface area (Å²) in [6, 6.07) is 14.3. The van der Waals surface area contributed by atoms with E-state index in [-0.39, 0.29) is 12.3 Å². The number of esters is 1. The molecule has 2 nitrogen and oxygen atoms in total. The normalized spacial score (nSPS) is 13.4. The number of thiophene rings is 6. The van der Waals surface area contributed by atoms with Gasteiger partial charge >= 0.3 is 5.97 Å². The predicted octanol–water partition coefficient (Wildman–Crippen LogP) is 19.7. The molecule has 0 saturated heterocycles. The maximum Gasteiger partial charge on any atom is 0.351 e. The van der Waals surface area contributed by atoms with Crippen LogP contribution in [0.5, 0.6) is 0 Å². The summed E-state index contributed by atoms with van der Waals surface area (Å²) in [5.74, 6) is 0.640. The van der Waals surface area contributed by atoms with Crippen molar-refractivity contribution in [3.8, 4) is 30.6 Å². The van der Waals surface area contributed by atoms with E-state index in [1.165, 1.54) is 112 Å². The van der Waals surface area contributed by atoms with Crippen LogP contribution >= 0.6 is 68.0 Å². The standard InChI is InChI=1S/C50H61FO2S6.CH4/c1-9-15-18-31(12-4)26-34-21-22-38(56-34)42-35-25-29(7)54-45(35)43(39-24-23-37(57-39)33(14-6)20-17-11-3)36-27-40(58-46(36)42)47-48-41(30(8)55-47)44(51)49(59-48)50(52)53-28-32(13-5)19-16-10-2;/h21-25,27,31-33H,9-20,26,28H2,1-8H3;1H4. The summed E-state index contributed by atoms with van der Waals surface area (Å²) in [4.78, 5) is 23.6. The van der Waals surface area contributed by atoms with Crippen LogP contribution in [0.15, 0.2) is 36.4 Å². The average Bonchev–Trinajstić information content (AvgIpc) is 4.10. The molecule has 0 N–H and O–H groups in total. The van der Waals surface area contributed by atoms with Crippen molar-refractivity contribution in [2.45, 2.75) is 152 Å². The summed E-state index contributed by atoms with van der Waals surface area (Å²) in [5, 5.41) is 3.19. The van der Waals surface area contributed by atoms with Crippen LogP contribution in [0.4, 0.5) is 4.39 Å². The van der Waals surface area contributed by atoms with E-state index in [9.17, 15) is 4.79 Å². The first-order valence-electron chi connectivity index (χ1n) is 22.2. The van der Waals surface area contributed by atoms with E-state index >= 15 is 4.39 Å². The lowest BCUT2D eigenvalue weighted by Gasteiger charge is -2.14.